The molecule has 8 heteroatoms. The molecule has 0 bridgehead atoms. The van der Waals surface area contributed by atoms with Crippen molar-refractivity contribution in [3.63, 3.8) is 0 Å². The first-order valence-electron chi connectivity index (χ1n) is 8.58. The molecule has 2 fully saturated rings. The maximum absolute atomic E-state index is 11.4. The van der Waals surface area contributed by atoms with Crippen LogP contribution in [-0.2, 0) is 9.59 Å². The van der Waals surface area contributed by atoms with E-state index in [0.717, 1.165) is 11.1 Å². The largest absolute Gasteiger partial charge is 0.544 e. The first kappa shape index (κ1) is 19.5. The van der Waals surface area contributed by atoms with Crippen molar-refractivity contribution >= 4 is 35.5 Å². The summed E-state index contributed by atoms with van der Waals surface area (Å²) in [6.45, 7) is 7.70. The smallest absolute Gasteiger partial charge is 0.160 e. The van der Waals surface area contributed by atoms with E-state index in [-0.39, 0.29) is 10.7 Å². The van der Waals surface area contributed by atoms with Gasteiger partial charge in [0.1, 0.15) is 24.0 Å². The summed E-state index contributed by atoms with van der Waals surface area (Å²) in [7, 11) is 0. The molecule has 2 aliphatic rings. The van der Waals surface area contributed by atoms with Gasteiger partial charge in [-0.2, -0.15) is 0 Å². The molecule has 1 aromatic carbocycles. The fourth-order valence-electron chi connectivity index (χ4n) is 3.65. The van der Waals surface area contributed by atoms with E-state index in [1.165, 1.54) is 0 Å². The fraction of sp³-hybridized carbons (Fsp3) is 0.556. The average Bonchev–Trinajstić information content (AvgIpc) is 3.03. The van der Waals surface area contributed by atoms with Crippen LogP contribution in [0.4, 0.5) is 0 Å². The molecule has 0 amide bonds. The third-order valence-corrected chi connectivity index (χ3v) is 8.28. The Kier molecular flexibility index (Phi) is 5.07. The van der Waals surface area contributed by atoms with Gasteiger partial charge in [0.15, 0.2) is 10.7 Å². The number of benzene rings is 1. The Labute approximate surface area is 161 Å². The van der Waals surface area contributed by atoms with E-state index in [9.17, 15) is 19.8 Å². The molecular weight excluding hydrogens is 372 g/mol. The first-order chi connectivity index (χ1) is 12.0. The summed E-state index contributed by atoms with van der Waals surface area (Å²) in [6.07, 6.45) is 0. The van der Waals surface area contributed by atoms with Gasteiger partial charge in [-0.1, -0.05) is 47.8 Å². The summed E-state index contributed by atoms with van der Waals surface area (Å²) in [6, 6.07) is 6.85. The molecule has 0 radical (unpaired) electrons. The van der Waals surface area contributed by atoms with Gasteiger partial charge in [-0.3, -0.25) is 0 Å². The third-order valence-electron chi connectivity index (χ3n) is 5.20. The molecule has 0 saturated carbocycles. The lowest BCUT2D eigenvalue weighted by molar-refractivity contribution is -0.696. The molecule has 26 heavy (non-hydrogen) atoms. The van der Waals surface area contributed by atoms with Crippen molar-refractivity contribution in [2.45, 2.75) is 60.0 Å². The lowest BCUT2D eigenvalue weighted by atomic mass is 10.0. The van der Waals surface area contributed by atoms with Crippen molar-refractivity contribution < 1.29 is 30.4 Å². The van der Waals surface area contributed by atoms with E-state index < -0.39 is 33.5 Å². The van der Waals surface area contributed by atoms with Crippen LogP contribution in [0.1, 0.15) is 49.6 Å². The van der Waals surface area contributed by atoms with E-state index >= 15 is 0 Å². The second kappa shape index (κ2) is 6.74. The average molecular weight is 397 g/mol. The number of hydrogen-bond acceptors (Lipinski definition) is 6. The summed E-state index contributed by atoms with van der Waals surface area (Å²) in [4.78, 5) is 22.7. The number of aliphatic carboxylic acids is 2. The quantitative estimate of drug-likeness (QED) is 0.615. The number of hydrogen-bond donors (Lipinski definition) is 2. The molecule has 142 valence electrons. The van der Waals surface area contributed by atoms with Crippen LogP contribution in [0, 0.1) is 0 Å². The van der Waals surface area contributed by atoms with Crippen LogP contribution < -0.4 is 20.8 Å². The lowest BCUT2D eigenvalue weighted by Crippen LogP contribution is -2.92. The highest BCUT2D eigenvalue weighted by Crippen LogP contribution is 2.43. The van der Waals surface area contributed by atoms with Gasteiger partial charge in [-0.15, -0.1) is 0 Å². The second-order valence-corrected chi connectivity index (χ2v) is 11.5. The Morgan fingerprint density at radius 1 is 0.808 bits per heavy atom. The van der Waals surface area contributed by atoms with Crippen LogP contribution in [0.3, 0.4) is 0 Å². The van der Waals surface area contributed by atoms with Gasteiger partial charge in [0.2, 0.25) is 0 Å². The summed E-state index contributed by atoms with van der Waals surface area (Å²) in [5.41, 5.74) is 2.10. The molecule has 2 saturated heterocycles. The number of carboxylic acids is 2. The standard InChI is InChI=1S/C18H24N2O4S2/c1-17(2)11(15(21)22)19-13(25-17)9-5-7-10(8-6-9)14-20-12(16(23)24)18(3,4)26-14/h5-8,11-14,19-20H,1-4H3,(H,21,22)(H,23,24)/t11-,12-,13-,14-/m1/s1. The summed E-state index contributed by atoms with van der Waals surface area (Å²) in [5.74, 6) is -2.07. The van der Waals surface area contributed by atoms with Crippen molar-refractivity contribution in [2.24, 2.45) is 0 Å². The van der Waals surface area contributed by atoms with Crippen molar-refractivity contribution in [3.8, 4) is 0 Å². The Morgan fingerprint density at radius 2 is 1.12 bits per heavy atom. The lowest BCUT2D eigenvalue weighted by Gasteiger charge is -2.21. The Morgan fingerprint density at radius 3 is 1.35 bits per heavy atom. The van der Waals surface area contributed by atoms with E-state index in [4.69, 9.17) is 0 Å². The number of rotatable bonds is 4. The maximum atomic E-state index is 11.4. The number of nitrogens with two attached hydrogens (primary N) is 2. The zero-order valence-corrected chi connectivity index (χ0v) is 16.9. The van der Waals surface area contributed by atoms with E-state index in [2.05, 4.69) is 0 Å². The van der Waals surface area contributed by atoms with Gasteiger partial charge in [-0.05, 0) is 27.7 Å². The van der Waals surface area contributed by atoms with Crippen molar-refractivity contribution in [1.82, 2.24) is 0 Å². The zero-order chi connectivity index (χ0) is 19.3. The highest BCUT2D eigenvalue weighted by molar-refractivity contribution is 8.01. The van der Waals surface area contributed by atoms with Crippen molar-refractivity contribution in [3.05, 3.63) is 35.4 Å². The maximum Gasteiger partial charge on any atom is 0.160 e. The van der Waals surface area contributed by atoms with Gasteiger partial charge >= 0.3 is 0 Å². The molecule has 4 atom stereocenters. The van der Waals surface area contributed by atoms with E-state index in [0.29, 0.717) is 0 Å². The van der Waals surface area contributed by atoms with E-state index in [1.807, 2.05) is 62.6 Å². The van der Waals surface area contributed by atoms with E-state index in [1.54, 1.807) is 23.5 Å². The highest BCUT2D eigenvalue weighted by Gasteiger charge is 2.48. The molecule has 0 aromatic heterocycles. The zero-order valence-electron chi connectivity index (χ0n) is 15.2. The van der Waals surface area contributed by atoms with Gasteiger partial charge in [0.05, 0.1) is 9.49 Å². The Hall–Kier alpha value is -1.22. The van der Waals surface area contributed by atoms with Crippen LogP contribution in [0.15, 0.2) is 24.3 Å². The molecule has 0 unspecified atom stereocenters. The number of carbonyl (C=O) groups is 2. The minimum Gasteiger partial charge on any atom is -0.544 e. The topological polar surface area (TPSA) is 113 Å². The van der Waals surface area contributed by atoms with Crippen molar-refractivity contribution in [1.29, 1.82) is 0 Å². The summed E-state index contributed by atoms with van der Waals surface area (Å²) in [5, 5.41) is 26.4. The number of thioether (sulfide) groups is 2. The predicted molar refractivity (Wildman–Crippen MR) is 96.7 cm³/mol. The molecule has 0 aliphatic carbocycles. The van der Waals surface area contributed by atoms with Gasteiger partial charge in [-0.25, -0.2) is 0 Å². The normalized spacial score (nSPS) is 32.5. The Balaban J connectivity index is 1.74. The number of carboxylic acid groups (broad SMARTS) is 2. The van der Waals surface area contributed by atoms with Gasteiger partial charge in [0, 0.05) is 11.1 Å². The van der Waals surface area contributed by atoms with Crippen LogP contribution in [0.25, 0.3) is 0 Å². The minimum atomic E-state index is -1.03. The molecule has 0 spiro atoms. The fourth-order valence-corrected chi connectivity index (χ4v) is 6.66. The predicted octanol–water partition coefficient (Wildman–Crippen LogP) is -1.90. The third kappa shape index (κ3) is 3.60. The van der Waals surface area contributed by atoms with Crippen LogP contribution >= 0.6 is 23.5 Å². The second-order valence-electron chi connectivity index (χ2n) is 7.93. The molecule has 2 aliphatic heterocycles. The van der Waals surface area contributed by atoms with Crippen LogP contribution in [0.2, 0.25) is 0 Å². The van der Waals surface area contributed by atoms with Gasteiger partial charge < -0.3 is 30.4 Å². The van der Waals surface area contributed by atoms with Gasteiger partial charge in [0.25, 0.3) is 0 Å². The summed E-state index contributed by atoms with van der Waals surface area (Å²) >= 11 is 3.25. The van der Waals surface area contributed by atoms with Crippen molar-refractivity contribution in [2.75, 3.05) is 0 Å². The first-order valence-corrected chi connectivity index (χ1v) is 10.3. The molecule has 6 nitrogen and oxygen atoms in total. The molecule has 1 aromatic rings. The Bertz CT molecular complexity index is 659. The van der Waals surface area contributed by atoms with Crippen LogP contribution in [0.5, 0.6) is 0 Å². The monoisotopic (exact) mass is 396 g/mol. The molecule has 4 N–H and O–H groups in total. The highest BCUT2D eigenvalue weighted by atomic mass is 32.2. The molecule has 3 rings (SSSR count). The van der Waals surface area contributed by atoms with Crippen LogP contribution in [-0.4, -0.2) is 33.5 Å². The summed E-state index contributed by atoms with van der Waals surface area (Å²) < 4.78 is -0.800. The number of carbonyl (C=O) groups excluding carboxylic acids is 2. The SMILES string of the molecule is CC1(C)S[C@H](c2ccc([C@@H]3[NH2+][C@H](C(=O)[O-])C(C)(C)S3)cc2)[NH2+][C@@H]1C(=O)[O-]. The molecular formula is C18H24N2O4S2. The minimum absolute atomic E-state index is 0.00886. The number of quaternary nitrogens is 2. The molecule has 2 heterocycles.